The molecule has 2 atom stereocenters. The van der Waals surface area contributed by atoms with Gasteiger partial charge in [0, 0.05) is 17.5 Å². The highest BCUT2D eigenvalue weighted by Gasteiger charge is 2.34. The predicted octanol–water partition coefficient (Wildman–Crippen LogP) is 2.82. The maximum absolute atomic E-state index is 5.41. The summed E-state index contributed by atoms with van der Waals surface area (Å²) in [6, 6.07) is 5.23. The van der Waals surface area contributed by atoms with Crippen LogP contribution < -0.4 is 5.73 Å². The molecule has 2 nitrogen and oxygen atoms in total. The van der Waals surface area contributed by atoms with Crippen molar-refractivity contribution in [2.75, 3.05) is 13.1 Å². The van der Waals surface area contributed by atoms with Crippen LogP contribution in [0.15, 0.2) is 12.1 Å². The number of thiophene rings is 1. The van der Waals surface area contributed by atoms with Crippen LogP contribution in [0.1, 0.15) is 41.9 Å². The normalized spacial score (nSPS) is 26.8. The second-order valence-corrected chi connectivity index (χ2v) is 6.81. The zero-order valence-electron chi connectivity index (χ0n) is 11.4. The van der Waals surface area contributed by atoms with E-state index in [0.29, 0.717) is 6.54 Å². The van der Waals surface area contributed by atoms with Crippen molar-refractivity contribution in [3.05, 3.63) is 21.9 Å². The summed E-state index contributed by atoms with van der Waals surface area (Å²) in [5.41, 5.74) is 5.41. The number of rotatable bonds is 2. The van der Waals surface area contributed by atoms with E-state index in [1.165, 1.54) is 43.5 Å². The van der Waals surface area contributed by atoms with Gasteiger partial charge in [0.2, 0.25) is 0 Å². The van der Waals surface area contributed by atoms with Crippen molar-refractivity contribution in [3.8, 4) is 11.8 Å². The summed E-state index contributed by atoms with van der Waals surface area (Å²) in [7, 11) is 0. The van der Waals surface area contributed by atoms with Gasteiger partial charge >= 0.3 is 0 Å². The highest BCUT2D eigenvalue weighted by Crippen LogP contribution is 2.37. The Morgan fingerprint density at radius 3 is 3.05 bits per heavy atom. The van der Waals surface area contributed by atoms with Crippen molar-refractivity contribution in [1.29, 1.82) is 0 Å². The second kappa shape index (κ2) is 6.09. The van der Waals surface area contributed by atoms with E-state index in [1.807, 2.05) is 11.3 Å². The largest absolute Gasteiger partial charge is 0.320 e. The molecule has 2 fully saturated rings. The summed E-state index contributed by atoms with van der Waals surface area (Å²) < 4.78 is 0. The summed E-state index contributed by atoms with van der Waals surface area (Å²) >= 11 is 1.83. The van der Waals surface area contributed by atoms with Gasteiger partial charge in [-0.2, -0.15) is 0 Å². The molecule has 2 aliphatic rings. The van der Waals surface area contributed by atoms with Gasteiger partial charge in [-0.25, -0.2) is 0 Å². The number of nitrogens with zero attached hydrogens (tertiary/aromatic N) is 1. The molecular formula is C16H22N2S. The summed E-state index contributed by atoms with van der Waals surface area (Å²) in [6.45, 7) is 2.85. The van der Waals surface area contributed by atoms with E-state index in [9.17, 15) is 0 Å². The molecular weight excluding hydrogens is 252 g/mol. The molecule has 2 heterocycles. The van der Waals surface area contributed by atoms with Crippen molar-refractivity contribution in [1.82, 2.24) is 4.90 Å². The van der Waals surface area contributed by atoms with Gasteiger partial charge in [-0.3, -0.25) is 4.90 Å². The van der Waals surface area contributed by atoms with Crippen molar-refractivity contribution in [2.24, 2.45) is 11.7 Å². The fourth-order valence-corrected chi connectivity index (χ4v) is 4.53. The van der Waals surface area contributed by atoms with E-state index in [2.05, 4.69) is 28.9 Å². The lowest BCUT2D eigenvalue weighted by atomic mass is 9.92. The number of hydrogen-bond donors (Lipinski definition) is 1. The average molecular weight is 274 g/mol. The Morgan fingerprint density at radius 2 is 2.16 bits per heavy atom. The van der Waals surface area contributed by atoms with Gasteiger partial charge in [-0.15, -0.1) is 11.3 Å². The fraction of sp³-hybridized carbons (Fsp3) is 0.625. The van der Waals surface area contributed by atoms with Crippen LogP contribution in [0.25, 0.3) is 0 Å². The lowest BCUT2D eigenvalue weighted by molar-refractivity contribution is 0.107. The molecule has 1 saturated heterocycles. The van der Waals surface area contributed by atoms with Crippen molar-refractivity contribution in [3.63, 3.8) is 0 Å². The first-order valence-corrected chi connectivity index (χ1v) is 8.20. The predicted molar refractivity (Wildman–Crippen MR) is 81.0 cm³/mol. The molecule has 2 N–H and O–H groups in total. The molecule has 3 heteroatoms. The van der Waals surface area contributed by atoms with E-state index in [1.54, 1.807) is 0 Å². The third kappa shape index (κ3) is 3.02. The van der Waals surface area contributed by atoms with E-state index in [0.717, 1.165) is 23.4 Å². The number of hydrogen-bond acceptors (Lipinski definition) is 3. The van der Waals surface area contributed by atoms with Crippen LogP contribution in [0.2, 0.25) is 0 Å². The van der Waals surface area contributed by atoms with Crippen LogP contribution >= 0.6 is 11.3 Å². The molecule has 1 aromatic rings. The second-order valence-electron chi connectivity index (χ2n) is 5.64. The van der Waals surface area contributed by atoms with Crippen LogP contribution in [-0.4, -0.2) is 24.0 Å². The number of piperidine rings is 1. The van der Waals surface area contributed by atoms with Crippen molar-refractivity contribution >= 4 is 11.3 Å². The van der Waals surface area contributed by atoms with Gasteiger partial charge in [0.05, 0.1) is 11.4 Å². The molecule has 1 saturated carbocycles. The Labute approximate surface area is 120 Å². The Kier molecular flexibility index (Phi) is 4.22. The average Bonchev–Trinajstić information content (AvgIpc) is 3.05. The quantitative estimate of drug-likeness (QED) is 0.840. The molecule has 0 radical (unpaired) electrons. The lowest BCUT2D eigenvalue weighted by Crippen LogP contribution is -2.41. The van der Waals surface area contributed by atoms with Gasteiger partial charge in [-0.1, -0.05) is 18.3 Å². The molecule has 1 aliphatic heterocycles. The topological polar surface area (TPSA) is 29.3 Å². The summed E-state index contributed by atoms with van der Waals surface area (Å²) in [5.74, 6) is 7.04. The third-order valence-corrected chi connectivity index (χ3v) is 5.43. The van der Waals surface area contributed by atoms with E-state index < -0.39 is 0 Å². The first-order chi connectivity index (χ1) is 9.36. The van der Waals surface area contributed by atoms with Crippen LogP contribution in [0.3, 0.4) is 0 Å². The minimum atomic E-state index is 0.448. The standard InChI is InChI=1S/C16H22N2S/c17-10-2-6-14-8-9-15(19-14)12-18-11-3-5-13-4-1-7-16(13)18/h8-9,13,16H,1,3-5,7,10-12,17H2. The van der Waals surface area contributed by atoms with Gasteiger partial charge in [0.15, 0.2) is 0 Å². The fourth-order valence-electron chi connectivity index (χ4n) is 3.62. The van der Waals surface area contributed by atoms with Crippen molar-refractivity contribution in [2.45, 2.75) is 44.7 Å². The minimum absolute atomic E-state index is 0.448. The molecule has 2 unspecified atom stereocenters. The third-order valence-electron chi connectivity index (χ3n) is 4.44. The van der Waals surface area contributed by atoms with E-state index in [-0.39, 0.29) is 0 Å². The maximum atomic E-state index is 5.41. The zero-order chi connectivity index (χ0) is 13.1. The molecule has 1 aromatic heterocycles. The number of fused-ring (bicyclic) bond motifs is 1. The van der Waals surface area contributed by atoms with Gasteiger partial charge < -0.3 is 5.73 Å². The Bertz CT molecular complexity index is 482. The number of likely N-dealkylation sites (tertiary alicyclic amines) is 1. The van der Waals surface area contributed by atoms with Crippen molar-refractivity contribution < 1.29 is 0 Å². The lowest BCUT2D eigenvalue weighted by Gasteiger charge is -2.37. The number of nitrogens with two attached hydrogens (primary N) is 1. The van der Waals surface area contributed by atoms with Crippen LogP contribution in [0.4, 0.5) is 0 Å². The molecule has 102 valence electrons. The molecule has 0 spiro atoms. The SMILES string of the molecule is NCC#Cc1ccc(CN2CCCC3CCCC32)s1. The zero-order valence-corrected chi connectivity index (χ0v) is 12.2. The molecule has 0 amide bonds. The molecule has 3 rings (SSSR count). The maximum Gasteiger partial charge on any atom is 0.0772 e. The Morgan fingerprint density at radius 1 is 1.26 bits per heavy atom. The molecule has 0 bridgehead atoms. The minimum Gasteiger partial charge on any atom is -0.320 e. The Balaban J connectivity index is 1.65. The van der Waals surface area contributed by atoms with Gasteiger partial charge in [-0.05, 0) is 50.3 Å². The summed E-state index contributed by atoms with van der Waals surface area (Å²) in [4.78, 5) is 5.32. The van der Waals surface area contributed by atoms with Crippen LogP contribution in [0.5, 0.6) is 0 Å². The van der Waals surface area contributed by atoms with Gasteiger partial charge in [0.1, 0.15) is 0 Å². The highest BCUT2D eigenvalue weighted by atomic mass is 32.1. The van der Waals surface area contributed by atoms with E-state index >= 15 is 0 Å². The smallest absolute Gasteiger partial charge is 0.0772 e. The Hall–Kier alpha value is -0.820. The molecule has 0 aromatic carbocycles. The van der Waals surface area contributed by atoms with E-state index in [4.69, 9.17) is 5.73 Å². The highest BCUT2D eigenvalue weighted by molar-refractivity contribution is 7.12. The summed E-state index contributed by atoms with van der Waals surface area (Å²) in [5, 5.41) is 0. The van der Waals surface area contributed by atoms with Gasteiger partial charge in [0.25, 0.3) is 0 Å². The molecule has 1 aliphatic carbocycles. The van der Waals surface area contributed by atoms with Crippen LogP contribution in [-0.2, 0) is 6.54 Å². The monoisotopic (exact) mass is 274 g/mol. The van der Waals surface area contributed by atoms with Crippen LogP contribution in [0, 0.1) is 17.8 Å². The first-order valence-electron chi connectivity index (χ1n) is 7.38. The summed E-state index contributed by atoms with van der Waals surface area (Å²) in [6.07, 6.45) is 7.14. The molecule has 19 heavy (non-hydrogen) atoms. The first kappa shape index (κ1) is 13.2.